The van der Waals surface area contributed by atoms with Crippen molar-refractivity contribution in [2.45, 2.75) is 6.92 Å². The first-order valence-corrected chi connectivity index (χ1v) is 6.30. The minimum atomic E-state index is -0.291. The highest BCUT2D eigenvalue weighted by atomic mass is 16.6. The first-order chi connectivity index (χ1) is 9.69. The molecule has 0 radical (unpaired) electrons. The number of rotatable bonds is 6. The summed E-state index contributed by atoms with van der Waals surface area (Å²) in [5.74, 6) is 0.867. The van der Waals surface area contributed by atoms with Gasteiger partial charge in [0.25, 0.3) is 11.9 Å². The van der Waals surface area contributed by atoms with Crippen LogP contribution in [0, 0.1) is 6.92 Å². The highest BCUT2D eigenvalue weighted by molar-refractivity contribution is 5.91. The average Bonchev–Trinajstić information content (AvgIpc) is 2.90. The molecule has 0 saturated heterocycles. The maximum atomic E-state index is 11.7. The molecule has 0 spiro atoms. The molecule has 5 heteroatoms. The molecule has 5 nitrogen and oxygen atoms in total. The van der Waals surface area contributed by atoms with Crippen molar-refractivity contribution in [1.82, 2.24) is 5.32 Å². The van der Waals surface area contributed by atoms with Crippen LogP contribution in [0.3, 0.4) is 0 Å². The lowest BCUT2D eigenvalue weighted by Gasteiger charge is -2.03. The number of benzene rings is 1. The maximum Gasteiger partial charge on any atom is 0.290 e. The van der Waals surface area contributed by atoms with Gasteiger partial charge in [-0.15, -0.1) is 0 Å². The van der Waals surface area contributed by atoms with Crippen LogP contribution < -0.4 is 10.1 Å². The number of ether oxygens (including phenoxy) is 2. The van der Waals surface area contributed by atoms with Crippen LogP contribution in [0.4, 0.5) is 0 Å². The third kappa shape index (κ3) is 3.86. The highest BCUT2D eigenvalue weighted by Crippen LogP contribution is 2.23. The van der Waals surface area contributed by atoms with Crippen molar-refractivity contribution in [3.8, 4) is 11.7 Å². The van der Waals surface area contributed by atoms with Gasteiger partial charge in [-0.05, 0) is 25.1 Å². The van der Waals surface area contributed by atoms with Crippen LogP contribution in [0.2, 0.25) is 0 Å². The number of carbonyl (C=O) groups excluding carboxylic acids is 1. The van der Waals surface area contributed by atoms with Crippen LogP contribution in [0.25, 0.3) is 0 Å². The Morgan fingerprint density at radius 3 is 2.65 bits per heavy atom. The smallest absolute Gasteiger partial charge is 0.290 e. The Hall–Kier alpha value is -2.27. The van der Waals surface area contributed by atoms with Gasteiger partial charge >= 0.3 is 0 Å². The van der Waals surface area contributed by atoms with Crippen LogP contribution in [-0.4, -0.2) is 26.2 Å². The molecule has 0 atom stereocenters. The number of furan rings is 1. The summed E-state index contributed by atoms with van der Waals surface area (Å²) in [7, 11) is 1.58. The molecule has 0 unspecified atom stereocenters. The minimum absolute atomic E-state index is 0.211. The van der Waals surface area contributed by atoms with E-state index in [1.165, 1.54) is 0 Å². The molecule has 0 saturated carbocycles. The van der Waals surface area contributed by atoms with Crippen LogP contribution in [0.15, 0.2) is 40.8 Å². The molecule has 2 rings (SSSR count). The van der Waals surface area contributed by atoms with Crippen molar-refractivity contribution < 1.29 is 18.7 Å². The van der Waals surface area contributed by atoms with Crippen molar-refractivity contribution in [3.63, 3.8) is 0 Å². The van der Waals surface area contributed by atoms with Crippen molar-refractivity contribution in [3.05, 3.63) is 47.7 Å². The van der Waals surface area contributed by atoms with E-state index in [1.54, 1.807) is 19.2 Å². The lowest BCUT2D eigenvalue weighted by atomic mass is 10.2. The largest absolute Gasteiger partial charge is 0.426 e. The van der Waals surface area contributed by atoms with Gasteiger partial charge in [0.2, 0.25) is 0 Å². The molecule has 106 valence electrons. The second kappa shape index (κ2) is 6.77. The molecular formula is C15H17NO4. The van der Waals surface area contributed by atoms with Gasteiger partial charge in [0.15, 0.2) is 5.76 Å². The van der Waals surface area contributed by atoms with Gasteiger partial charge in [0.05, 0.1) is 6.61 Å². The summed E-state index contributed by atoms with van der Waals surface area (Å²) >= 11 is 0. The van der Waals surface area contributed by atoms with Gasteiger partial charge < -0.3 is 19.2 Å². The molecule has 1 aromatic carbocycles. The third-order valence-electron chi connectivity index (χ3n) is 2.64. The maximum absolute atomic E-state index is 11.7. The molecule has 1 aromatic heterocycles. The monoisotopic (exact) mass is 275 g/mol. The normalized spacial score (nSPS) is 10.3. The van der Waals surface area contributed by atoms with E-state index in [0.717, 1.165) is 5.56 Å². The summed E-state index contributed by atoms with van der Waals surface area (Å²) < 4.78 is 15.7. The average molecular weight is 275 g/mol. The van der Waals surface area contributed by atoms with Crippen LogP contribution >= 0.6 is 0 Å². The number of carbonyl (C=O) groups is 1. The Labute approximate surface area is 117 Å². The van der Waals surface area contributed by atoms with Gasteiger partial charge in [-0.2, -0.15) is 0 Å². The fraction of sp³-hybridized carbons (Fsp3) is 0.267. The Morgan fingerprint density at radius 1 is 1.20 bits per heavy atom. The topological polar surface area (TPSA) is 60.7 Å². The zero-order valence-corrected chi connectivity index (χ0v) is 11.5. The molecule has 0 aliphatic rings. The van der Waals surface area contributed by atoms with Crippen LogP contribution in [0.5, 0.6) is 11.7 Å². The molecule has 20 heavy (non-hydrogen) atoms. The van der Waals surface area contributed by atoms with Crippen molar-refractivity contribution >= 4 is 5.91 Å². The van der Waals surface area contributed by atoms with Crippen molar-refractivity contribution in [2.75, 3.05) is 20.3 Å². The van der Waals surface area contributed by atoms with E-state index >= 15 is 0 Å². The van der Waals surface area contributed by atoms with E-state index in [1.807, 2.05) is 31.2 Å². The van der Waals surface area contributed by atoms with E-state index < -0.39 is 0 Å². The molecule has 2 aromatic rings. The predicted molar refractivity (Wildman–Crippen MR) is 74.2 cm³/mol. The van der Waals surface area contributed by atoms with E-state index in [0.29, 0.717) is 18.9 Å². The summed E-state index contributed by atoms with van der Waals surface area (Å²) in [5.41, 5.74) is 1.15. The Morgan fingerprint density at radius 2 is 1.95 bits per heavy atom. The summed E-state index contributed by atoms with van der Waals surface area (Å²) in [4.78, 5) is 11.7. The Bertz CT molecular complexity index is 560. The molecule has 1 N–H and O–H groups in total. The number of nitrogens with one attached hydrogen (secondary N) is 1. The molecule has 0 fully saturated rings. The number of hydrogen-bond donors (Lipinski definition) is 1. The SMILES string of the molecule is COCCNC(=O)c1ccc(Oc2ccc(C)cc2)o1. The Balaban J connectivity index is 1.94. The molecule has 0 aliphatic heterocycles. The number of aryl methyl sites for hydroxylation is 1. The lowest BCUT2D eigenvalue weighted by molar-refractivity contribution is 0.0904. The second-order valence-corrected chi connectivity index (χ2v) is 4.28. The summed E-state index contributed by atoms with van der Waals surface area (Å²) in [6, 6.07) is 10.8. The first-order valence-electron chi connectivity index (χ1n) is 6.30. The van der Waals surface area contributed by atoms with E-state index in [-0.39, 0.29) is 17.6 Å². The van der Waals surface area contributed by atoms with Gasteiger partial charge in [-0.1, -0.05) is 17.7 Å². The standard InChI is InChI=1S/C15H17NO4/c1-11-3-5-12(6-4-11)19-14-8-7-13(20-14)15(17)16-9-10-18-2/h3-8H,9-10H2,1-2H3,(H,16,17). The summed E-state index contributed by atoms with van der Waals surface area (Å²) in [5, 5.41) is 2.67. The second-order valence-electron chi connectivity index (χ2n) is 4.28. The molecule has 0 aliphatic carbocycles. The highest BCUT2D eigenvalue weighted by Gasteiger charge is 2.11. The molecule has 1 heterocycles. The van der Waals surface area contributed by atoms with E-state index in [9.17, 15) is 4.79 Å². The number of hydrogen-bond acceptors (Lipinski definition) is 4. The van der Waals surface area contributed by atoms with Gasteiger partial charge in [-0.3, -0.25) is 4.79 Å². The summed E-state index contributed by atoms with van der Waals surface area (Å²) in [6.07, 6.45) is 0. The van der Waals surface area contributed by atoms with E-state index in [4.69, 9.17) is 13.9 Å². The quantitative estimate of drug-likeness (QED) is 0.823. The van der Waals surface area contributed by atoms with Gasteiger partial charge in [-0.25, -0.2) is 0 Å². The predicted octanol–water partition coefficient (Wildman–Crippen LogP) is 2.76. The fourth-order valence-electron chi connectivity index (χ4n) is 1.57. The Kier molecular flexibility index (Phi) is 4.79. The lowest BCUT2D eigenvalue weighted by Crippen LogP contribution is -2.26. The van der Waals surface area contributed by atoms with Crippen LogP contribution in [-0.2, 0) is 4.74 Å². The van der Waals surface area contributed by atoms with Crippen molar-refractivity contribution in [1.29, 1.82) is 0 Å². The van der Waals surface area contributed by atoms with E-state index in [2.05, 4.69) is 5.32 Å². The van der Waals surface area contributed by atoms with Gasteiger partial charge in [0, 0.05) is 19.7 Å². The fourth-order valence-corrected chi connectivity index (χ4v) is 1.57. The van der Waals surface area contributed by atoms with Gasteiger partial charge in [0.1, 0.15) is 5.75 Å². The first kappa shape index (κ1) is 14.1. The zero-order chi connectivity index (χ0) is 14.4. The minimum Gasteiger partial charge on any atom is -0.426 e. The van der Waals surface area contributed by atoms with Crippen LogP contribution in [0.1, 0.15) is 16.1 Å². The number of amides is 1. The molecule has 1 amide bonds. The zero-order valence-electron chi connectivity index (χ0n) is 11.5. The third-order valence-corrected chi connectivity index (χ3v) is 2.64. The van der Waals surface area contributed by atoms with Crippen molar-refractivity contribution in [2.24, 2.45) is 0 Å². The number of methoxy groups -OCH3 is 1. The summed E-state index contributed by atoms with van der Waals surface area (Å²) in [6.45, 7) is 2.89. The molecular weight excluding hydrogens is 258 g/mol. The molecule has 0 bridgehead atoms.